The molecule has 4 heteroatoms. The van der Waals surface area contributed by atoms with Gasteiger partial charge in [-0.05, 0) is 52.7 Å². The van der Waals surface area contributed by atoms with Gasteiger partial charge >= 0.3 is 0 Å². The lowest BCUT2D eigenvalue weighted by atomic mass is 10.1. The third-order valence-electron chi connectivity index (χ3n) is 3.41. The summed E-state index contributed by atoms with van der Waals surface area (Å²) in [6.45, 7) is 1.12. The normalized spacial score (nSPS) is 10.8. The minimum Gasteiger partial charge on any atom is -0.497 e. The zero-order chi connectivity index (χ0) is 14.7. The molecular formula is C17H17NO2S. The molecule has 0 amide bonds. The average molecular weight is 299 g/mol. The second kappa shape index (κ2) is 6.16. The van der Waals surface area contributed by atoms with Crippen molar-refractivity contribution in [2.24, 2.45) is 5.73 Å². The molecule has 1 heterocycles. The fourth-order valence-corrected chi connectivity index (χ4v) is 3.13. The van der Waals surface area contributed by atoms with E-state index in [0.29, 0.717) is 13.2 Å². The van der Waals surface area contributed by atoms with Crippen molar-refractivity contribution in [1.82, 2.24) is 0 Å². The van der Waals surface area contributed by atoms with E-state index in [4.69, 9.17) is 15.2 Å². The zero-order valence-corrected chi connectivity index (χ0v) is 12.7. The van der Waals surface area contributed by atoms with Gasteiger partial charge in [-0.15, -0.1) is 11.3 Å². The van der Waals surface area contributed by atoms with Gasteiger partial charge in [-0.25, -0.2) is 0 Å². The van der Waals surface area contributed by atoms with E-state index in [0.717, 1.165) is 17.1 Å². The van der Waals surface area contributed by atoms with Crippen molar-refractivity contribution in [3.05, 3.63) is 59.0 Å². The lowest BCUT2D eigenvalue weighted by molar-refractivity contribution is 0.307. The van der Waals surface area contributed by atoms with Gasteiger partial charge in [-0.2, -0.15) is 0 Å². The molecule has 0 aliphatic rings. The summed E-state index contributed by atoms with van der Waals surface area (Å²) in [5, 5.41) is 3.38. The SMILES string of the molecule is COc1ccc(OCc2csc3ccc(CN)cc23)cc1. The Labute approximate surface area is 127 Å². The number of benzene rings is 2. The van der Waals surface area contributed by atoms with Crippen LogP contribution in [0.1, 0.15) is 11.1 Å². The third-order valence-corrected chi connectivity index (χ3v) is 4.42. The van der Waals surface area contributed by atoms with Crippen LogP contribution in [0, 0.1) is 0 Å². The minimum absolute atomic E-state index is 0.556. The number of hydrogen-bond acceptors (Lipinski definition) is 4. The average Bonchev–Trinajstić information content (AvgIpc) is 2.95. The van der Waals surface area contributed by atoms with E-state index in [1.807, 2.05) is 24.3 Å². The van der Waals surface area contributed by atoms with E-state index < -0.39 is 0 Å². The third kappa shape index (κ3) is 3.01. The van der Waals surface area contributed by atoms with Crippen LogP contribution < -0.4 is 15.2 Å². The first-order valence-corrected chi connectivity index (χ1v) is 7.64. The molecule has 0 fully saturated rings. The van der Waals surface area contributed by atoms with E-state index in [-0.39, 0.29) is 0 Å². The molecule has 3 nitrogen and oxygen atoms in total. The summed E-state index contributed by atoms with van der Waals surface area (Å²) < 4.78 is 12.3. The molecule has 3 aromatic rings. The van der Waals surface area contributed by atoms with Gasteiger partial charge in [0.1, 0.15) is 18.1 Å². The first-order chi connectivity index (χ1) is 10.3. The lowest BCUT2D eigenvalue weighted by Crippen LogP contribution is -1.97. The Morgan fingerprint density at radius 3 is 2.52 bits per heavy atom. The number of rotatable bonds is 5. The summed E-state index contributed by atoms with van der Waals surface area (Å²) >= 11 is 1.73. The number of ether oxygens (including phenoxy) is 2. The van der Waals surface area contributed by atoms with Crippen LogP contribution in [0.3, 0.4) is 0 Å². The Hall–Kier alpha value is -2.04. The molecule has 2 N–H and O–H groups in total. The van der Waals surface area contributed by atoms with Crippen LogP contribution in [0.5, 0.6) is 11.5 Å². The molecule has 0 aliphatic carbocycles. The Morgan fingerprint density at radius 2 is 1.81 bits per heavy atom. The summed E-state index contributed by atoms with van der Waals surface area (Å²) in [6, 6.07) is 14.0. The van der Waals surface area contributed by atoms with Crippen molar-refractivity contribution in [2.45, 2.75) is 13.2 Å². The summed E-state index contributed by atoms with van der Waals surface area (Å²) in [5.41, 5.74) is 8.05. The molecule has 0 radical (unpaired) electrons. The molecule has 21 heavy (non-hydrogen) atoms. The van der Waals surface area contributed by atoms with Crippen molar-refractivity contribution < 1.29 is 9.47 Å². The highest BCUT2D eigenvalue weighted by molar-refractivity contribution is 7.17. The number of hydrogen-bond donors (Lipinski definition) is 1. The molecule has 0 atom stereocenters. The van der Waals surface area contributed by atoms with Crippen molar-refractivity contribution in [3.63, 3.8) is 0 Å². The van der Waals surface area contributed by atoms with Crippen LogP contribution in [-0.2, 0) is 13.2 Å². The Bertz CT molecular complexity index is 734. The van der Waals surface area contributed by atoms with Gasteiger partial charge in [0.05, 0.1) is 7.11 Å². The molecule has 2 aromatic carbocycles. The minimum atomic E-state index is 0.556. The molecule has 0 saturated heterocycles. The van der Waals surface area contributed by atoms with Crippen molar-refractivity contribution in [3.8, 4) is 11.5 Å². The van der Waals surface area contributed by atoms with Crippen LogP contribution in [0.2, 0.25) is 0 Å². The molecule has 3 rings (SSSR count). The van der Waals surface area contributed by atoms with E-state index in [1.165, 1.54) is 15.6 Å². The van der Waals surface area contributed by atoms with Crippen molar-refractivity contribution >= 4 is 21.4 Å². The first-order valence-electron chi connectivity index (χ1n) is 6.76. The largest absolute Gasteiger partial charge is 0.497 e. The zero-order valence-electron chi connectivity index (χ0n) is 11.8. The van der Waals surface area contributed by atoms with Crippen LogP contribution in [0.4, 0.5) is 0 Å². The smallest absolute Gasteiger partial charge is 0.120 e. The summed E-state index contributed by atoms with van der Waals surface area (Å²) in [5.74, 6) is 1.67. The summed E-state index contributed by atoms with van der Waals surface area (Å²) in [6.07, 6.45) is 0. The van der Waals surface area contributed by atoms with E-state index in [9.17, 15) is 0 Å². The van der Waals surface area contributed by atoms with Gasteiger partial charge < -0.3 is 15.2 Å². The standard InChI is InChI=1S/C17H17NO2S/c1-19-14-3-5-15(6-4-14)20-10-13-11-21-17-7-2-12(9-18)8-16(13)17/h2-8,11H,9-10,18H2,1H3. The fraction of sp³-hybridized carbons (Fsp3) is 0.176. The Kier molecular flexibility index (Phi) is 4.08. The van der Waals surface area contributed by atoms with Gasteiger partial charge in [0.2, 0.25) is 0 Å². The molecule has 0 aliphatic heterocycles. The number of fused-ring (bicyclic) bond motifs is 1. The fourth-order valence-electron chi connectivity index (χ4n) is 2.20. The highest BCUT2D eigenvalue weighted by atomic mass is 32.1. The second-order valence-electron chi connectivity index (χ2n) is 4.76. The Balaban J connectivity index is 1.77. The highest BCUT2D eigenvalue weighted by Crippen LogP contribution is 2.28. The highest BCUT2D eigenvalue weighted by Gasteiger charge is 2.06. The van der Waals surface area contributed by atoms with Gasteiger partial charge in [-0.3, -0.25) is 0 Å². The number of thiophene rings is 1. The monoisotopic (exact) mass is 299 g/mol. The summed E-state index contributed by atoms with van der Waals surface area (Å²) in [7, 11) is 1.66. The molecule has 0 saturated carbocycles. The predicted octanol–water partition coefficient (Wildman–Crippen LogP) is 3.95. The van der Waals surface area contributed by atoms with Crippen LogP contribution in [0.15, 0.2) is 47.8 Å². The molecule has 0 bridgehead atoms. The summed E-state index contributed by atoms with van der Waals surface area (Å²) in [4.78, 5) is 0. The van der Waals surface area contributed by atoms with Crippen LogP contribution >= 0.6 is 11.3 Å². The van der Waals surface area contributed by atoms with E-state index in [2.05, 4.69) is 23.6 Å². The van der Waals surface area contributed by atoms with Gasteiger partial charge in [0.25, 0.3) is 0 Å². The maximum Gasteiger partial charge on any atom is 0.120 e. The predicted molar refractivity (Wildman–Crippen MR) is 87.0 cm³/mol. The molecule has 108 valence electrons. The maximum absolute atomic E-state index is 5.85. The van der Waals surface area contributed by atoms with Gasteiger partial charge in [-0.1, -0.05) is 6.07 Å². The van der Waals surface area contributed by atoms with Crippen LogP contribution in [0.25, 0.3) is 10.1 Å². The van der Waals surface area contributed by atoms with Crippen molar-refractivity contribution in [2.75, 3.05) is 7.11 Å². The topological polar surface area (TPSA) is 44.5 Å². The second-order valence-corrected chi connectivity index (χ2v) is 5.67. The molecule has 1 aromatic heterocycles. The quantitative estimate of drug-likeness (QED) is 0.776. The van der Waals surface area contributed by atoms with E-state index in [1.54, 1.807) is 18.4 Å². The lowest BCUT2D eigenvalue weighted by Gasteiger charge is -2.07. The number of methoxy groups -OCH3 is 1. The number of nitrogens with two attached hydrogens (primary N) is 1. The van der Waals surface area contributed by atoms with Gasteiger partial charge in [0, 0.05) is 16.8 Å². The van der Waals surface area contributed by atoms with Crippen LogP contribution in [-0.4, -0.2) is 7.11 Å². The first kappa shape index (κ1) is 13.9. The van der Waals surface area contributed by atoms with Crippen molar-refractivity contribution in [1.29, 1.82) is 0 Å². The van der Waals surface area contributed by atoms with Gasteiger partial charge in [0.15, 0.2) is 0 Å². The molecular weight excluding hydrogens is 282 g/mol. The maximum atomic E-state index is 5.85. The Morgan fingerprint density at radius 1 is 1.05 bits per heavy atom. The molecule has 0 spiro atoms. The van der Waals surface area contributed by atoms with E-state index >= 15 is 0 Å². The molecule has 0 unspecified atom stereocenters.